The topological polar surface area (TPSA) is 94.2 Å². The van der Waals surface area contributed by atoms with Crippen LogP contribution in [0.25, 0.3) is 0 Å². The average Bonchev–Trinajstić information content (AvgIpc) is 2.23. The summed E-state index contributed by atoms with van der Waals surface area (Å²) in [5.74, 6) is 1.13. The predicted octanol–water partition coefficient (Wildman–Crippen LogP) is 1.45. The first kappa shape index (κ1) is 12.4. The standard InChI is InChI=1S/C11H21N5/c1-3-5-16(6-4-2)11-10(14)8(12)7-9(13)15-11/h7H,3-6,14H2,1-2H3,(H4,12,13,15). The molecule has 1 aromatic heterocycles. The second-order valence-electron chi connectivity index (χ2n) is 3.86. The Kier molecular flexibility index (Phi) is 4.22. The van der Waals surface area contributed by atoms with Gasteiger partial charge in [-0.15, -0.1) is 0 Å². The molecular weight excluding hydrogens is 202 g/mol. The lowest BCUT2D eigenvalue weighted by atomic mass is 10.2. The summed E-state index contributed by atoms with van der Waals surface area (Å²) in [6.07, 6.45) is 2.08. The highest BCUT2D eigenvalue weighted by Crippen LogP contribution is 2.28. The van der Waals surface area contributed by atoms with Crippen LogP contribution in [0.5, 0.6) is 0 Å². The van der Waals surface area contributed by atoms with E-state index >= 15 is 0 Å². The van der Waals surface area contributed by atoms with E-state index in [1.165, 1.54) is 0 Å². The molecule has 1 heterocycles. The molecule has 0 bridgehead atoms. The molecule has 0 aliphatic carbocycles. The molecule has 0 aliphatic rings. The van der Waals surface area contributed by atoms with E-state index in [4.69, 9.17) is 17.2 Å². The Hall–Kier alpha value is -1.65. The van der Waals surface area contributed by atoms with Crippen molar-refractivity contribution in [1.82, 2.24) is 4.98 Å². The van der Waals surface area contributed by atoms with Crippen molar-refractivity contribution < 1.29 is 0 Å². The van der Waals surface area contributed by atoms with E-state index in [0.29, 0.717) is 23.0 Å². The number of aromatic nitrogens is 1. The van der Waals surface area contributed by atoms with Gasteiger partial charge in [0.1, 0.15) is 5.82 Å². The highest BCUT2D eigenvalue weighted by molar-refractivity contribution is 5.78. The number of pyridine rings is 1. The lowest BCUT2D eigenvalue weighted by Gasteiger charge is -2.24. The van der Waals surface area contributed by atoms with Crippen molar-refractivity contribution in [3.05, 3.63) is 6.07 Å². The Bertz CT molecular complexity index is 344. The Balaban J connectivity index is 3.07. The maximum absolute atomic E-state index is 5.93. The van der Waals surface area contributed by atoms with Crippen molar-refractivity contribution in [2.45, 2.75) is 26.7 Å². The van der Waals surface area contributed by atoms with Crippen molar-refractivity contribution in [3.63, 3.8) is 0 Å². The minimum atomic E-state index is 0.416. The van der Waals surface area contributed by atoms with Gasteiger partial charge in [0, 0.05) is 19.2 Å². The third kappa shape index (κ3) is 2.68. The molecule has 0 atom stereocenters. The zero-order valence-electron chi connectivity index (χ0n) is 10.0. The summed E-state index contributed by atoms with van der Waals surface area (Å²) in [5.41, 5.74) is 18.4. The molecule has 0 aromatic carbocycles. The molecule has 1 rings (SSSR count). The second kappa shape index (κ2) is 5.44. The second-order valence-corrected chi connectivity index (χ2v) is 3.86. The van der Waals surface area contributed by atoms with Crippen LogP contribution in [-0.4, -0.2) is 18.1 Å². The highest BCUT2D eigenvalue weighted by atomic mass is 15.2. The lowest BCUT2D eigenvalue weighted by Crippen LogP contribution is -2.27. The first-order chi connectivity index (χ1) is 7.60. The zero-order valence-corrected chi connectivity index (χ0v) is 10.0. The quantitative estimate of drug-likeness (QED) is 0.702. The van der Waals surface area contributed by atoms with Gasteiger partial charge in [0.05, 0.1) is 11.4 Å². The first-order valence-electron chi connectivity index (χ1n) is 5.66. The fourth-order valence-electron chi connectivity index (χ4n) is 1.69. The van der Waals surface area contributed by atoms with Crippen LogP contribution in [0.1, 0.15) is 26.7 Å². The van der Waals surface area contributed by atoms with Crippen LogP contribution in [0.15, 0.2) is 6.07 Å². The van der Waals surface area contributed by atoms with Gasteiger partial charge in [-0.3, -0.25) is 0 Å². The molecule has 5 heteroatoms. The Morgan fingerprint density at radius 3 is 2.19 bits per heavy atom. The Labute approximate surface area is 96.6 Å². The molecule has 0 saturated heterocycles. The van der Waals surface area contributed by atoms with Crippen LogP contribution >= 0.6 is 0 Å². The van der Waals surface area contributed by atoms with Gasteiger partial charge in [-0.2, -0.15) is 0 Å². The molecule has 0 saturated carbocycles. The minimum Gasteiger partial charge on any atom is -0.397 e. The van der Waals surface area contributed by atoms with Crippen LogP contribution in [-0.2, 0) is 0 Å². The summed E-state index contributed by atoms with van der Waals surface area (Å²) < 4.78 is 0. The maximum Gasteiger partial charge on any atom is 0.156 e. The van der Waals surface area contributed by atoms with Gasteiger partial charge in [0.15, 0.2) is 5.82 Å². The molecule has 0 fully saturated rings. The van der Waals surface area contributed by atoms with E-state index in [-0.39, 0.29) is 0 Å². The fourth-order valence-corrected chi connectivity index (χ4v) is 1.69. The number of hydrogen-bond donors (Lipinski definition) is 3. The predicted molar refractivity (Wildman–Crippen MR) is 70.3 cm³/mol. The molecule has 0 radical (unpaired) electrons. The number of nitrogens with zero attached hydrogens (tertiary/aromatic N) is 2. The van der Waals surface area contributed by atoms with E-state index in [9.17, 15) is 0 Å². The molecule has 1 aromatic rings. The lowest BCUT2D eigenvalue weighted by molar-refractivity contribution is 0.736. The number of anilines is 4. The third-order valence-corrected chi connectivity index (χ3v) is 2.38. The highest BCUT2D eigenvalue weighted by Gasteiger charge is 2.13. The van der Waals surface area contributed by atoms with Crippen LogP contribution in [0.2, 0.25) is 0 Å². The summed E-state index contributed by atoms with van der Waals surface area (Å²) >= 11 is 0. The average molecular weight is 223 g/mol. The number of hydrogen-bond acceptors (Lipinski definition) is 5. The monoisotopic (exact) mass is 223 g/mol. The molecule has 0 aliphatic heterocycles. The van der Waals surface area contributed by atoms with E-state index < -0.39 is 0 Å². The summed E-state index contributed by atoms with van der Waals surface area (Å²) in [7, 11) is 0. The van der Waals surface area contributed by atoms with Gasteiger partial charge in [0.25, 0.3) is 0 Å². The van der Waals surface area contributed by atoms with Gasteiger partial charge < -0.3 is 22.1 Å². The molecule has 5 nitrogen and oxygen atoms in total. The summed E-state index contributed by atoms with van der Waals surface area (Å²) in [6.45, 7) is 6.06. The number of nitrogen functional groups attached to an aromatic ring is 3. The molecule has 0 spiro atoms. The van der Waals surface area contributed by atoms with Crippen molar-refractivity contribution >= 4 is 23.0 Å². The summed E-state index contributed by atoms with van der Waals surface area (Å²) in [5, 5.41) is 0. The summed E-state index contributed by atoms with van der Waals surface area (Å²) in [4.78, 5) is 6.40. The molecule has 6 N–H and O–H groups in total. The third-order valence-electron chi connectivity index (χ3n) is 2.38. The van der Waals surface area contributed by atoms with Gasteiger partial charge in [-0.05, 0) is 12.8 Å². The van der Waals surface area contributed by atoms with E-state index in [2.05, 4.69) is 23.7 Å². The summed E-state index contributed by atoms with van der Waals surface area (Å²) in [6, 6.07) is 1.59. The van der Waals surface area contributed by atoms with Crippen LogP contribution in [0, 0.1) is 0 Å². The SMILES string of the molecule is CCCN(CCC)c1nc(N)cc(N)c1N. The van der Waals surface area contributed by atoms with E-state index in [1.807, 2.05) is 0 Å². The van der Waals surface area contributed by atoms with E-state index in [1.54, 1.807) is 6.07 Å². The first-order valence-corrected chi connectivity index (χ1v) is 5.66. The van der Waals surface area contributed by atoms with Crippen molar-refractivity contribution in [2.24, 2.45) is 0 Å². The number of nitrogens with two attached hydrogens (primary N) is 3. The van der Waals surface area contributed by atoms with Gasteiger partial charge >= 0.3 is 0 Å². The zero-order chi connectivity index (χ0) is 12.1. The smallest absolute Gasteiger partial charge is 0.156 e. The van der Waals surface area contributed by atoms with Gasteiger partial charge in [0.2, 0.25) is 0 Å². The molecule has 90 valence electrons. The fraction of sp³-hybridized carbons (Fsp3) is 0.545. The van der Waals surface area contributed by atoms with Crippen molar-refractivity contribution in [2.75, 3.05) is 35.2 Å². The normalized spacial score (nSPS) is 10.4. The van der Waals surface area contributed by atoms with Crippen molar-refractivity contribution in [3.8, 4) is 0 Å². The van der Waals surface area contributed by atoms with Gasteiger partial charge in [-0.25, -0.2) is 4.98 Å². The largest absolute Gasteiger partial charge is 0.397 e. The maximum atomic E-state index is 5.93. The Morgan fingerprint density at radius 1 is 1.12 bits per heavy atom. The minimum absolute atomic E-state index is 0.416. The van der Waals surface area contributed by atoms with Gasteiger partial charge in [-0.1, -0.05) is 13.8 Å². The molecule has 16 heavy (non-hydrogen) atoms. The number of rotatable bonds is 5. The molecule has 0 unspecified atom stereocenters. The Morgan fingerprint density at radius 2 is 1.69 bits per heavy atom. The van der Waals surface area contributed by atoms with Crippen LogP contribution in [0.3, 0.4) is 0 Å². The van der Waals surface area contributed by atoms with Crippen LogP contribution < -0.4 is 22.1 Å². The molecular formula is C11H21N5. The van der Waals surface area contributed by atoms with Crippen LogP contribution in [0.4, 0.5) is 23.0 Å². The van der Waals surface area contributed by atoms with E-state index in [0.717, 1.165) is 25.9 Å². The molecule has 0 amide bonds. The van der Waals surface area contributed by atoms with Crippen molar-refractivity contribution in [1.29, 1.82) is 0 Å².